The van der Waals surface area contributed by atoms with Crippen LogP contribution in [0.25, 0.3) is 0 Å². The summed E-state index contributed by atoms with van der Waals surface area (Å²) in [7, 11) is 1.54. The second-order valence-corrected chi connectivity index (χ2v) is 2.34. The third-order valence-corrected chi connectivity index (χ3v) is 1.54. The second-order valence-electron chi connectivity index (χ2n) is 2.34. The third kappa shape index (κ3) is 1.75. The van der Waals surface area contributed by atoms with Gasteiger partial charge in [0.1, 0.15) is 0 Å². The molecule has 1 rings (SSSR count). The molecule has 0 amide bonds. The average Bonchev–Trinajstić information content (AvgIpc) is 2.43. The van der Waals surface area contributed by atoms with Crippen LogP contribution in [0.4, 0.5) is 0 Å². The highest BCUT2D eigenvalue weighted by atomic mass is 16.7. The first-order valence-corrected chi connectivity index (χ1v) is 3.56. The maximum atomic E-state index is 8.80. The predicted molar refractivity (Wildman–Crippen MR) is 41.8 cm³/mol. The molecule has 0 aliphatic rings. The quantitative estimate of drug-likeness (QED) is 0.636. The number of H-pyrrole nitrogens is 1. The topological polar surface area (TPSA) is 67.4 Å². The molecule has 5 nitrogen and oxygen atoms in total. The summed E-state index contributed by atoms with van der Waals surface area (Å²) >= 11 is 0. The van der Waals surface area contributed by atoms with Gasteiger partial charge in [0, 0.05) is 12.7 Å². The molecule has 0 bridgehead atoms. The highest BCUT2D eigenvalue weighted by Crippen LogP contribution is 2.16. The highest BCUT2D eigenvalue weighted by Gasteiger charge is 2.07. The average molecular weight is 172 g/mol. The van der Waals surface area contributed by atoms with Gasteiger partial charge in [-0.05, 0) is 6.92 Å². The van der Waals surface area contributed by atoms with Gasteiger partial charge in [0.25, 0.3) is 0 Å². The van der Waals surface area contributed by atoms with Crippen LogP contribution in [0.2, 0.25) is 0 Å². The summed E-state index contributed by atoms with van der Waals surface area (Å²) in [5.74, 6) is 0.473. The highest BCUT2D eigenvalue weighted by molar-refractivity contribution is 5.27. The normalized spacial score (nSPS) is 10.2. The van der Waals surface area contributed by atoms with E-state index in [1.165, 1.54) is 7.11 Å². The van der Waals surface area contributed by atoms with Crippen LogP contribution >= 0.6 is 0 Å². The smallest absolute Gasteiger partial charge is 0.237 e. The summed E-state index contributed by atoms with van der Waals surface area (Å²) in [6.45, 7) is 1.92. The first kappa shape index (κ1) is 9.02. The van der Waals surface area contributed by atoms with E-state index in [0.717, 1.165) is 5.56 Å². The zero-order valence-electron chi connectivity index (χ0n) is 7.13. The van der Waals surface area contributed by atoms with E-state index in [0.29, 0.717) is 11.6 Å². The number of aliphatic hydroxyl groups excluding tert-OH is 1. The minimum absolute atomic E-state index is 0.0603. The molecule has 0 saturated carbocycles. The SMILES string of the molecule is COCOc1n[nH]c(CO)c1C. The molecule has 0 aliphatic heterocycles. The van der Waals surface area contributed by atoms with Crippen molar-refractivity contribution in [2.75, 3.05) is 13.9 Å². The lowest BCUT2D eigenvalue weighted by Crippen LogP contribution is -2.00. The lowest BCUT2D eigenvalue weighted by molar-refractivity contribution is 0.0473. The van der Waals surface area contributed by atoms with Gasteiger partial charge in [-0.2, -0.15) is 0 Å². The second kappa shape index (κ2) is 4.08. The van der Waals surface area contributed by atoms with Gasteiger partial charge in [-0.25, -0.2) is 0 Å². The maximum absolute atomic E-state index is 8.80. The number of nitrogens with zero attached hydrogens (tertiary/aromatic N) is 1. The molecule has 2 N–H and O–H groups in total. The minimum atomic E-state index is -0.0603. The van der Waals surface area contributed by atoms with Gasteiger partial charge in [0.05, 0.1) is 12.3 Å². The molecule has 0 radical (unpaired) electrons. The van der Waals surface area contributed by atoms with E-state index in [9.17, 15) is 0 Å². The Hall–Kier alpha value is -1.07. The number of nitrogens with one attached hydrogen (secondary N) is 1. The molecule has 5 heteroatoms. The Labute approximate surface area is 70.3 Å². The number of hydrogen-bond donors (Lipinski definition) is 2. The monoisotopic (exact) mass is 172 g/mol. The van der Waals surface area contributed by atoms with Crippen molar-refractivity contribution >= 4 is 0 Å². The first-order chi connectivity index (χ1) is 5.79. The van der Waals surface area contributed by atoms with Gasteiger partial charge < -0.3 is 14.6 Å². The first-order valence-electron chi connectivity index (χ1n) is 3.56. The minimum Gasteiger partial charge on any atom is -0.449 e. The fourth-order valence-electron chi connectivity index (χ4n) is 0.824. The van der Waals surface area contributed by atoms with Crippen LogP contribution in [0.5, 0.6) is 5.88 Å². The van der Waals surface area contributed by atoms with Crippen molar-refractivity contribution in [3.8, 4) is 5.88 Å². The van der Waals surface area contributed by atoms with Crippen molar-refractivity contribution in [1.82, 2.24) is 10.2 Å². The van der Waals surface area contributed by atoms with Crippen LogP contribution < -0.4 is 4.74 Å². The number of methoxy groups -OCH3 is 1. The van der Waals surface area contributed by atoms with Gasteiger partial charge >= 0.3 is 0 Å². The molecule has 68 valence electrons. The van der Waals surface area contributed by atoms with Crippen molar-refractivity contribution in [3.05, 3.63) is 11.3 Å². The van der Waals surface area contributed by atoms with E-state index < -0.39 is 0 Å². The zero-order valence-corrected chi connectivity index (χ0v) is 7.13. The standard InChI is InChI=1S/C7H12N2O3/c1-5-6(3-10)8-9-7(5)12-4-11-2/h10H,3-4H2,1-2H3,(H,8,9). The molecule has 0 saturated heterocycles. The summed E-state index contributed by atoms with van der Waals surface area (Å²) in [6.07, 6.45) is 0. The zero-order chi connectivity index (χ0) is 8.97. The number of rotatable bonds is 4. The van der Waals surface area contributed by atoms with Gasteiger partial charge in [-0.1, -0.05) is 0 Å². The molecular weight excluding hydrogens is 160 g/mol. The van der Waals surface area contributed by atoms with Gasteiger partial charge in [-0.3, -0.25) is 5.10 Å². The van der Waals surface area contributed by atoms with E-state index in [4.69, 9.17) is 14.6 Å². The number of aromatic nitrogens is 2. The Morgan fingerprint density at radius 2 is 2.33 bits per heavy atom. The van der Waals surface area contributed by atoms with Crippen LogP contribution in [0.3, 0.4) is 0 Å². The number of hydrogen-bond acceptors (Lipinski definition) is 4. The van der Waals surface area contributed by atoms with Crippen LogP contribution in [0, 0.1) is 6.92 Å². The molecule has 1 aromatic rings. The molecule has 0 atom stereocenters. The molecule has 0 aromatic carbocycles. The molecule has 0 spiro atoms. The molecule has 1 aromatic heterocycles. The van der Waals surface area contributed by atoms with Crippen molar-refractivity contribution in [2.24, 2.45) is 0 Å². The Kier molecular flexibility index (Phi) is 3.07. The van der Waals surface area contributed by atoms with Crippen LogP contribution in [-0.2, 0) is 11.3 Å². The lowest BCUT2D eigenvalue weighted by Gasteiger charge is -2.00. The predicted octanol–water partition coefficient (Wildman–Crippen LogP) is 0.193. The van der Waals surface area contributed by atoms with Crippen molar-refractivity contribution in [3.63, 3.8) is 0 Å². The summed E-state index contributed by atoms with van der Waals surface area (Å²) < 4.78 is 9.80. The molecule has 0 unspecified atom stereocenters. The summed E-state index contributed by atoms with van der Waals surface area (Å²) in [5, 5.41) is 15.3. The summed E-state index contributed by atoms with van der Waals surface area (Å²) in [5.41, 5.74) is 1.48. The van der Waals surface area contributed by atoms with E-state index in [1.807, 2.05) is 6.92 Å². The van der Waals surface area contributed by atoms with Gasteiger partial charge in [0.15, 0.2) is 6.79 Å². The van der Waals surface area contributed by atoms with Crippen molar-refractivity contribution in [1.29, 1.82) is 0 Å². The maximum Gasteiger partial charge on any atom is 0.237 e. The molecule has 0 aliphatic carbocycles. The number of ether oxygens (including phenoxy) is 2. The van der Waals surface area contributed by atoms with Gasteiger partial charge in [-0.15, -0.1) is 5.10 Å². The fraction of sp³-hybridized carbons (Fsp3) is 0.571. The van der Waals surface area contributed by atoms with Crippen LogP contribution in [0.15, 0.2) is 0 Å². The van der Waals surface area contributed by atoms with Crippen molar-refractivity contribution in [2.45, 2.75) is 13.5 Å². The molecule has 1 heterocycles. The van der Waals surface area contributed by atoms with E-state index >= 15 is 0 Å². The molecule has 12 heavy (non-hydrogen) atoms. The fourth-order valence-corrected chi connectivity index (χ4v) is 0.824. The summed E-state index contributed by atoms with van der Waals surface area (Å²) in [4.78, 5) is 0. The number of aromatic amines is 1. The third-order valence-electron chi connectivity index (χ3n) is 1.54. The van der Waals surface area contributed by atoms with Gasteiger partial charge in [0.2, 0.25) is 5.88 Å². The Bertz CT molecular complexity index is 247. The summed E-state index contributed by atoms with van der Waals surface area (Å²) in [6, 6.07) is 0. The largest absolute Gasteiger partial charge is 0.449 e. The Balaban J connectivity index is 2.66. The van der Waals surface area contributed by atoms with E-state index in [-0.39, 0.29) is 13.4 Å². The molecule has 0 fully saturated rings. The van der Waals surface area contributed by atoms with Crippen molar-refractivity contribution < 1.29 is 14.6 Å². The lowest BCUT2D eigenvalue weighted by atomic mass is 10.3. The Morgan fingerprint density at radius 3 is 2.83 bits per heavy atom. The van der Waals surface area contributed by atoms with E-state index in [1.54, 1.807) is 0 Å². The number of aliphatic hydroxyl groups is 1. The molecular formula is C7H12N2O3. The van der Waals surface area contributed by atoms with Crippen LogP contribution in [-0.4, -0.2) is 29.2 Å². The Morgan fingerprint density at radius 1 is 1.58 bits per heavy atom. The van der Waals surface area contributed by atoms with E-state index in [2.05, 4.69) is 10.2 Å². The van der Waals surface area contributed by atoms with Crippen LogP contribution in [0.1, 0.15) is 11.3 Å².